The molecule has 0 spiro atoms. The van der Waals surface area contributed by atoms with Crippen LogP contribution in [-0.2, 0) is 0 Å². The average Bonchev–Trinajstić information content (AvgIpc) is 2.15. The summed E-state index contributed by atoms with van der Waals surface area (Å²) in [5.41, 5.74) is 4.63. The Morgan fingerprint density at radius 2 is 2.20 bits per heavy atom. The van der Waals surface area contributed by atoms with Gasteiger partial charge in [0.25, 0.3) is 0 Å². The SMILES string of the molecule is CCN=C(NN)Nc1cc(C)cc(Br)c1. The molecule has 4 N–H and O–H groups in total. The number of anilines is 1. The van der Waals surface area contributed by atoms with E-state index in [1.807, 2.05) is 32.0 Å². The van der Waals surface area contributed by atoms with Gasteiger partial charge in [-0.15, -0.1) is 0 Å². The van der Waals surface area contributed by atoms with Gasteiger partial charge in [-0.3, -0.25) is 10.4 Å². The summed E-state index contributed by atoms with van der Waals surface area (Å²) in [5.74, 6) is 5.89. The van der Waals surface area contributed by atoms with E-state index >= 15 is 0 Å². The molecule has 0 unspecified atom stereocenters. The highest BCUT2D eigenvalue weighted by molar-refractivity contribution is 9.10. The van der Waals surface area contributed by atoms with Gasteiger partial charge in [-0.1, -0.05) is 15.9 Å². The van der Waals surface area contributed by atoms with Gasteiger partial charge in [0, 0.05) is 16.7 Å². The molecule has 0 aliphatic heterocycles. The lowest BCUT2D eigenvalue weighted by molar-refractivity contribution is 0.986. The number of nitrogens with zero attached hydrogens (tertiary/aromatic N) is 1. The van der Waals surface area contributed by atoms with E-state index in [4.69, 9.17) is 5.84 Å². The zero-order valence-corrected chi connectivity index (χ0v) is 10.4. The van der Waals surface area contributed by atoms with Gasteiger partial charge in [-0.2, -0.15) is 0 Å². The maximum atomic E-state index is 5.33. The number of aryl methyl sites for hydroxylation is 1. The number of hydrogen-bond acceptors (Lipinski definition) is 2. The van der Waals surface area contributed by atoms with E-state index in [2.05, 4.69) is 31.7 Å². The second kappa shape index (κ2) is 5.72. The molecule has 1 rings (SSSR count). The molecule has 0 amide bonds. The van der Waals surface area contributed by atoms with Crippen LogP contribution >= 0.6 is 15.9 Å². The number of nitrogens with one attached hydrogen (secondary N) is 2. The van der Waals surface area contributed by atoms with Crippen LogP contribution < -0.4 is 16.6 Å². The second-order valence-electron chi connectivity index (χ2n) is 3.11. The van der Waals surface area contributed by atoms with Crippen LogP contribution in [0.15, 0.2) is 27.7 Å². The molecule has 0 aliphatic carbocycles. The number of nitrogens with two attached hydrogens (primary N) is 1. The van der Waals surface area contributed by atoms with Crippen molar-refractivity contribution in [3.63, 3.8) is 0 Å². The lowest BCUT2D eigenvalue weighted by Gasteiger charge is -2.09. The fourth-order valence-electron chi connectivity index (χ4n) is 1.22. The van der Waals surface area contributed by atoms with Gasteiger partial charge in [0.05, 0.1) is 0 Å². The lowest BCUT2D eigenvalue weighted by Crippen LogP contribution is -2.36. The third-order valence-corrected chi connectivity index (χ3v) is 2.22. The fourth-order valence-corrected chi connectivity index (χ4v) is 1.83. The number of rotatable bonds is 2. The molecule has 1 aromatic rings. The first-order valence-electron chi connectivity index (χ1n) is 4.71. The molecule has 82 valence electrons. The molecule has 5 heteroatoms. The molecule has 1 aromatic carbocycles. The highest BCUT2D eigenvalue weighted by Gasteiger charge is 1.99. The van der Waals surface area contributed by atoms with Crippen LogP contribution in [0.2, 0.25) is 0 Å². The third kappa shape index (κ3) is 3.89. The lowest BCUT2D eigenvalue weighted by atomic mass is 10.2. The summed E-state index contributed by atoms with van der Waals surface area (Å²) in [5, 5.41) is 3.10. The fraction of sp³-hybridized carbons (Fsp3) is 0.300. The highest BCUT2D eigenvalue weighted by Crippen LogP contribution is 2.18. The Bertz CT molecular complexity index is 342. The van der Waals surface area contributed by atoms with Crippen molar-refractivity contribution in [2.24, 2.45) is 10.8 Å². The summed E-state index contributed by atoms with van der Waals surface area (Å²) in [6.45, 7) is 4.66. The maximum absolute atomic E-state index is 5.33. The highest BCUT2D eigenvalue weighted by atomic mass is 79.9. The Morgan fingerprint density at radius 1 is 1.47 bits per heavy atom. The Morgan fingerprint density at radius 3 is 2.73 bits per heavy atom. The number of hydrogen-bond donors (Lipinski definition) is 3. The number of hydrazine groups is 1. The predicted octanol–water partition coefficient (Wildman–Crippen LogP) is 2.01. The Kier molecular flexibility index (Phi) is 4.58. The van der Waals surface area contributed by atoms with Crippen molar-refractivity contribution in [3.05, 3.63) is 28.2 Å². The van der Waals surface area contributed by atoms with Gasteiger partial charge in [-0.25, -0.2) is 5.84 Å². The second-order valence-corrected chi connectivity index (χ2v) is 4.03. The Hall–Kier alpha value is -1.07. The van der Waals surface area contributed by atoms with Crippen LogP contribution in [0.3, 0.4) is 0 Å². The van der Waals surface area contributed by atoms with Crippen LogP contribution in [0, 0.1) is 6.92 Å². The van der Waals surface area contributed by atoms with Gasteiger partial charge in [0.2, 0.25) is 5.96 Å². The van der Waals surface area contributed by atoms with Crippen LogP contribution in [0.4, 0.5) is 5.69 Å². The van der Waals surface area contributed by atoms with Crippen molar-refractivity contribution in [3.8, 4) is 0 Å². The standard InChI is InChI=1S/C10H15BrN4/c1-3-13-10(15-12)14-9-5-7(2)4-8(11)6-9/h4-6H,3,12H2,1-2H3,(H2,13,14,15). The largest absolute Gasteiger partial charge is 0.325 e. The van der Waals surface area contributed by atoms with Gasteiger partial charge in [-0.05, 0) is 37.6 Å². The van der Waals surface area contributed by atoms with Crippen LogP contribution in [0.1, 0.15) is 12.5 Å². The summed E-state index contributed by atoms with van der Waals surface area (Å²) in [7, 11) is 0. The van der Waals surface area contributed by atoms with E-state index in [1.54, 1.807) is 0 Å². The summed E-state index contributed by atoms with van der Waals surface area (Å²) in [6.07, 6.45) is 0. The van der Waals surface area contributed by atoms with E-state index in [0.29, 0.717) is 12.5 Å². The molecule has 0 aliphatic rings. The summed E-state index contributed by atoms with van der Waals surface area (Å²) < 4.78 is 1.03. The van der Waals surface area contributed by atoms with Crippen molar-refractivity contribution in [2.75, 3.05) is 11.9 Å². The summed E-state index contributed by atoms with van der Waals surface area (Å²) in [6, 6.07) is 6.03. The minimum absolute atomic E-state index is 0.565. The zero-order chi connectivity index (χ0) is 11.3. The monoisotopic (exact) mass is 270 g/mol. The quantitative estimate of drug-likeness (QED) is 0.334. The Balaban J connectivity index is 2.83. The van der Waals surface area contributed by atoms with Gasteiger partial charge < -0.3 is 5.32 Å². The number of halogens is 1. The van der Waals surface area contributed by atoms with E-state index in [1.165, 1.54) is 5.56 Å². The van der Waals surface area contributed by atoms with Crippen LogP contribution in [0.5, 0.6) is 0 Å². The van der Waals surface area contributed by atoms with Crippen molar-refractivity contribution in [1.29, 1.82) is 0 Å². The summed E-state index contributed by atoms with van der Waals surface area (Å²) in [4.78, 5) is 4.15. The zero-order valence-electron chi connectivity index (χ0n) is 8.84. The predicted molar refractivity (Wildman–Crippen MR) is 67.8 cm³/mol. The van der Waals surface area contributed by atoms with Crippen molar-refractivity contribution in [1.82, 2.24) is 5.43 Å². The molecule has 0 fully saturated rings. The van der Waals surface area contributed by atoms with E-state index in [-0.39, 0.29) is 0 Å². The van der Waals surface area contributed by atoms with Gasteiger partial charge in [0.15, 0.2) is 0 Å². The first kappa shape index (κ1) is 12.0. The molecule has 0 atom stereocenters. The molecule has 0 heterocycles. The van der Waals surface area contributed by atoms with Crippen LogP contribution in [-0.4, -0.2) is 12.5 Å². The van der Waals surface area contributed by atoms with Gasteiger partial charge >= 0.3 is 0 Å². The first-order valence-corrected chi connectivity index (χ1v) is 5.50. The molecular formula is C10H15BrN4. The Labute approximate surface area is 98.1 Å². The first-order chi connectivity index (χ1) is 7.15. The normalized spacial score (nSPS) is 11.3. The smallest absolute Gasteiger partial charge is 0.210 e. The molecule has 0 saturated heterocycles. The molecular weight excluding hydrogens is 256 g/mol. The number of aliphatic imine (C=N–C) groups is 1. The molecule has 0 radical (unpaired) electrons. The molecule has 15 heavy (non-hydrogen) atoms. The molecule has 4 nitrogen and oxygen atoms in total. The summed E-state index contributed by atoms with van der Waals surface area (Å²) >= 11 is 3.43. The number of benzene rings is 1. The van der Waals surface area contributed by atoms with E-state index in [9.17, 15) is 0 Å². The minimum Gasteiger partial charge on any atom is -0.325 e. The van der Waals surface area contributed by atoms with E-state index < -0.39 is 0 Å². The van der Waals surface area contributed by atoms with Crippen molar-refractivity contribution >= 4 is 27.6 Å². The number of guanidine groups is 1. The van der Waals surface area contributed by atoms with Gasteiger partial charge in [0.1, 0.15) is 0 Å². The van der Waals surface area contributed by atoms with E-state index in [0.717, 1.165) is 10.2 Å². The maximum Gasteiger partial charge on any atom is 0.210 e. The molecule has 0 bridgehead atoms. The van der Waals surface area contributed by atoms with Crippen molar-refractivity contribution < 1.29 is 0 Å². The third-order valence-electron chi connectivity index (χ3n) is 1.76. The average molecular weight is 271 g/mol. The van der Waals surface area contributed by atoms with Crippen LogP contribution in [0.25, 0.3) is 0 Å². The minimum atomic E-state index is 0.565. The molecule has 0 saturated carbocycles. The molecule has 0 aromatic heterocycles. The van der Waals surface area contributed by atoms with Crippen molar-refractivity contribution in [2.45, 2.75) is 13.8 Å². The topological polar surface area (TPSA) is 62.4 Å².